The summed E-state index contributed by atoms with van der Waals surface area (Å²) in [6.07, 6.45) is 9.16. The molecule has 3 heterocycles. The van der Waals surface area contributed by atoms with E-state index in [1.54, 1.807) is 12.4 Å². The van der Waals surface area contributed by atoms with Crippen molar-refractivity contribution < 1.29 is 9.32 Å². The third kappa shape index (κ3) is 5.19. The van der Waals surface area contributed by atoms with Crippen molar-refractivity contribution >= 4 is 17.3 Å². The molecule has 1 N–H and O–H groups in total. The molecule has 3 aromatic rings. The monoisotopic (exact) mass is 391 g/mol. The maximum atomic E-state index is 12.3. The topological polar surface area (TPSA) is 84.1 Å². The Bertz CT molecular complexity index is 916. The van der Waals surface area contributed by atoms with Gasteiger partial charge in [0.2, 0.25) is 17.6 Å². The molecule has 150 valence electrons. The number of carbonyl (C=O) groups excluding carboxylic acids is 1. The molecule has 2 aromatic heterocycles. The van der Waals surface area contributed by atoms with Crippen molar-refractivity contribution in [1.29, 1.82) is 0 Å². The Balaban J connectivity index is 1.28. The van der Waals surface area contributed by atoms with Crippen LogP contribution in [0.15, 0.2) is 53.3 Å². The van der Waals surface area contributed by atoms with Crippen LogP contribution in [-0.4, -0.2) is 34.1 Å². The second-order valence-electron chi connectivity index (χ2n) is 7.25. The summed E-state index contributed by atoms with van der Waals surface area (Å²) in [6.45, 7) is 2.22. The van der Waals surface area contributed by atoms with Crippen LogP contribution < -0.4 is 10.2 Å². The highest BCUT2D eigenvalue weighted by atomic mass is 16.5. The lowest BCUT2D eigenvalue weighted by Crippen LogP contribution is -2.23. The summed E-state index contributed by atoms with van der Waals surface area (Å²) in [5, 5.41) is 6.88. The van der Waals surface area contributed by atoms with Gasteiger partial charge in [0, 0.05) is 55.3 Å². The summed E-state index contributed by atoms with van der Waals surface area (Å²) in [7, 11) is 0. The maximum Gasteiger partial charge on any atom is 0.227 e. The average Bonchev–Trinajstić information content (AvgIpc) is 3.07. The van der Waals surface area contributed by atoms with Gasteiger partial charge < -0.3 is 14.7 Å². The third-order valence-electron chi connectivity index (χ3n) is 5.08. The van der Waals surface area contributed by atoms with Crippen LogP contribution in [0.4, 0.5) is 11.4 Å². The molecule has 1 aromatic carbocycles. The number of carbonyl (C=O) groups is 1. The number of pyridine rings is 1. The van der Waals surface area contributed by atoms with Crippen LogP contribution >= 0.6 is 0 Å². The van der Waals surface area contributed by atoms with Gasteiger partial charge in [-0.2, -0.15) is 4.98 Å². The van der Waals surface area contributed by atoms with Gasteiger partial charge in [-0.25, -0.2) is 0 Å². The second-order valence-corrected chi connectivity index (χ2v) is 7.25. The molecule has 4 rings (SSSR count). The molecule has 1 fully saturated rings. The number of nitrogens with one attached hydrogen (secondary N) is 1. The van der Waals surface area contributed by atoms with Crippen LogP contribution in [-0.2, 0) is 11.2 Å². The number of aryl methyl sites for hydroxylation is 1. The number of benzene rings is 1. The Morgan fingerprint density at radius 3 is 2.59 bits per heavy atom. The second kappa shape index (κ2) is 9.32. The van der Waals surface area contributed by atoms with E-state index in [1.165, 1.54) is 31.4 Å². The largest absolute Gasteiger partial charge is 0.372 e. The van der Waals surface area contributed by atoms with Crippen molar-refractivity contribution in [2.24, 2.45) is 0 Å². The molecular formula is C22H25N5O2. The first-order valence-corrected chi connectivity index (χ1v) is 10.2. The van der Waals surface area contributed by atoms with Gasteiger partial charge >= 0.3 is 0 Å². The Hall–Kier alpha value is -3.22. The van der Waals surface area contributed by atoms with E-state index in [0.717, 1.165) is 24.3 Å². The molecular weight excluding hydrogens is 366 g/mol. The highest BCUT2D eigenvalue weighted by Gasteiger charge is 2.12. The van der Waals surface area contributed by atoms with Crippen LogP contribution in [0, 0.1) is 0 Å². The predicted octanol–water partition coefficient (Wildman–Crippen LogP) is 4.08. The first-order chi connectivity index (χ1) is 14.3. The Labute approximate surface area is 170 Å². The van der Waals surface area contributed by atoms with Crippen molar-refractivity contribution in [3.63, 3.8) is 0 Å². The summed E-state index contributed by atoms with van der Waals surface area (Å²) in [5.41, 5.74) is 2.81. The quantitative estimate of drug-likeness (QED) is 0.681. The molecule has 1 aliphatic heterocycles. The molecule has 7 heteroatoms. The number of nitrogens with zero attached hydrogens (tertiary/aromatic N) is 4. The number of hydrogen-bond donors (Lipinski definition) is 1. The first kappa shape index (κ1) is 19.1. The van der Waals surface area contributed by atoms with E-state index in [1.807, 2.05) is 24.3 Å². The number of anilines is 2. The molecule has 0 spiro atoms. The van der Waals surface area contributed by atoms with Crippen LogP contribution in [0.5, 0.6) is 0 Å². The van der Waals surface area contributed by atoms with E-state index in [9.17, 15) is 4.79 Å². The van der Waals surface area contributed by atoms with Crippen LogP contribution in [0.2, 0.25) is 0 Å². The van der Waals surface area contributed by atoms with Gasteiger partial charge in [-0.05, 0) is 49.2 Å². The fourth-order valence-electron chi connectivity index (χ4n) is 3.50. The molecule has 0 unspecified atom stereocenters. The number of hydrogen-bond acceptors (Lipinski definition) is 6. The van der Waals surface area contributed by atoms with Gasteiger partial charge in [-0.15, -0.1) is 0 Å². The maximum absolute atomic E-state index is 12.3. The minimum atomic E-state index is -0.0753. The van der Waals surface area contributed by atoms with Crippen LogP contribution in [0.25, 0.3) is 11.4 Å². The Kier molecular flexibility index (Phi) is 6.14. The Morgan fingerprint density at radius 1 is 1.07 bits per heavy atom. The average molecular weight is 391 g/mol. The van der Waals surface area contributed by atoms with Crippen molar-refractivity contribution in [3.05, 3.63) is 54.7 Å². The van der Waals surface area contributed by atoms with E-state index >= 15 is 0 Å². The highest BCUT2D eigenvalue weighted by molar-refractivity contribution is 5.90. The lowest BCUT2D eigenvalue weighted by atomic mass is 10.2. The summed E-state index contributed by atoms with van der Waals surface area (Å²) in [4.78, 5) is 23.1. The smallest absolute Gasteiger partial charge is 0.227 e. The fourth-order valence-corrected chi connectivity index (χ4v) is 3.50. The zero-order chi connectivity index (χ0) is 19.9. The number of amides is 1. The zero-order valence-electron chi connectivity index (χ0n) is 16.4. The molecule has 1 amide bonds. The van der Waals surface area contributed by atoms with E-state index in [0.29, 0.717) is 18.1 Å². The lowest BCUT2D eigenvalue weighted by Gasteiger charge is -2.22. The van der Waals surface area contributed by atoms with E-state index in [-0.39, 0.29) is 12.3 Å². The summed E-state index contributed by atoms with van der Waals surface area (Å²) in [6, 6.07) is 11.8. The van der Waals surface area contributed by atoms with Crippen molar-refractivity contribution in [3.8, 4) is 11.4 Å². The SMILES string of the molecule is O=C(CCc1nc(-c2cccnc2)no1)Nc1ccc(N2CCCCCC2)cc1. The molecule has 1 saturated heterocycles. The lowest BCUT2D eigenvalue weighted by molar-refractivity contribution is -0.116. The fraction of sp³-hybridized carbons (Fsp3) is 0.364. The molecule has 1 aliphatic rings. The van der Waals surface area contributed by atoms with E-state index < -0.39 is 0 Å². The predicted molar refractivity (Wildman–Crippen MR) is 112 cm³/mol. The first-order valence-electron chi connectivity index (χ1n) is 10.2. The van der Waals surface area contributed by atoms with Gasteiger partial charge in [0.1, 0.15) is 0 Å². The van der Waals surface area contributed by atoms with Crippen LogP contribution in [0.3, 0.4) is 0 Å². The van der Waals surface area contributed by atoms with Crippen molar-refractivity contribution in [2.45, 2.75) is 38.5 Å². The van der Waals surface area contributed by atoms with Crippen LogP contribution in [0.1, 0.15) is 38.0 Å². The molecule has 0 radical (unpaired) electrons. The highest BCUT2D eigenvalue weighted by Crippen LogP contribution is 2.22. The Morgan fingerprint density at radius 2 is 1.86 bits per heavy atom. The third-order valence-corrected chi connectivity index (χ3v) is 5.08. The minimum Gasteiger partial charge on any atom is -0.372 e. The molecule has 0 atom stereocenters. The molecule has 0 bridgehead atoms. The van der Waals surface area contributed by atoms with Gasteiger partial charge in [-0.1, -0.05) is 18.0 Å². The molecule has 29 heavy (non-hydrogen) atoms. The minimum absolute atomic E-state index is 0.0753. The van der Waals surface area contributed by atoms with Gasteiger partial charge in [0.05, 0.1) is 0 Å². The molecule has 0 aliphatic carbocycles. The summed E-state index contributed by atoms with van der Waals surface area (Å²) < 4.78 is 5.24. The summed E-state index contributed by atoms with van der Waals surface area (Å²) in [5.74, 6) is 0.849. The van der Waals surface area contributed by atoms with Gasteiger partial charge in [0.15, 0.2) is 0 Å². The molecule has 7 nitrogen and oxygen atoms in total. The van der Waals surface area contributed by atoms with Crippen molar-refractivity contribution in [2.75, 3.05) is 23.3 Å². The van der Waals surface area contributed by atoms with E-state index in [2.05, 4.69) is 37.5 Å². The van der Waals surface area contributed by atoms with Gasteiger partial charge in [0.25, 0.3) is 0 Å². The summed E-state index contributed by atoms with van der Waals surface area (Å²) >= 11 is 0. The molecule has 0 saturated carbocycles. The van der Waals surface area contributed by atoms with Crippen molar-refractivity contribution in [1.82, 2.24) is 15.1 Å². The normalized spacial score (nSPS) is 14.4. The standard InChI is InChI=1S/C22H25N5O2/c28-20(11-12-21-25-22(26-29-21)17-6-5-13-23-16-17)24-18-7-9-19(10-8-18)27-14-3-1-2-4-15-27/h5-10,13,16H,1-4,11-12,14-15H2,(H,24,28). The number of rotatable bonds is 6. The van der Waals surface area contributed by atoms with E-state index in [4.69, 9.17) is 4.52 Å². The zero-order valence-corrected chi connectivity index (χ0v) is 16.4. The number of aromatic nitrogens is 3. The van der Waals surface area contributed by atoms with Gasteiger partial charge in [-0.3, -0.25) is 9.78 Å².